The zero-order valence-corrected chi connectivity index (χ0v) is 9.66. The molecule has 13 heavy (non-hydrogen) atoms. The quantitative estimate of drug-likeness (QED) is 0.754. The van der Waals surface area contributed by atoms with Gasteiger partial charge in [0.15, 0.2) is 0 Å². The summed E-state index contributed by atoms with van der Waals surface area (Å²) < 4.78 is 0. The Labute approximate surface area is 88.1 Å². The summed E-state index contributed by atoms with van der Waals surface area (Å²) in [5.41, 5.74) is 1.31. The van der Waals surface area contributed by atoms with Gasteiger partial charge in [-0.3, -0.25) is 9.88 Å². The van der Waals surface area contributed by atoms with Crippen molar-refractivity contribution in [1.82, 2.24) is 9.88 Å². The molecule has 0 saturated heterocycles. The molecule has 0 aromatic carbocycles. The van der Waals surface area contributed by atoms with Crippen LogP contribution in [0.2, 0.25) is 0 Å². The zero-order valence-electron chi connectivity index (χ0n) is 8.07. The average Bonchev–Trinajstić information content (AvgIpc) is 2.18. The Morgan fingerprint density at radius 3 is 2.62 bits per heavy atom. The van der Waals surface area contributed by atoms with Crippen LogP contribution in [0.4, 0.5) is 0 Å². The maximum absolute atomic E-state index is 3.99. The van der Waals surface area contributed by atoms with Crippen molar-refractivity contribution < 1.29 is 0 Å². The fourth-order valence-corrected chi connectivity index (χ4v) is 1.54. The van der Waals surface area contributed by atoms with E-state index >= 15 is 0 Å². The number of halogens is 1. The van der Waals surface area contributed by atoms with E-state index in [-0.39, 0.29) is 0 Å². The van der Waals surface area contributed by atoms with Gasteiger partial charge in [-0.2, -0.15) is 0 Å². The highest BCUT2D eigenvalue weighted by Gasteiger charge is 2.06. The van der Waals surface area contributed by atoms with E-state index in [2.05, 4.69) is 51.9 Å². The van der Waals surface area contributed by atoms with Crippen LogP contribution in [0.5, 0.6) is 0 Å². The van der Waals surface area contributed by atoms with Gasteiger partial charge in [-0.05, 0) is 31.7 Å². The molecular formula is C10H15BrN2. The van der Waals surface area contributed by atoms with E-state index in [0.717, 1.165) is 11.9 Å². The van der Waals surface area contributed by atoms with Crippen molar-refractivity contribution >= 4 is 15.9 Å². The predicted octanol–water partition coefficient (Wildman–Crippen LogP) is 2.30. The number of nitrogens with zero attached hydrogens (tertiary/aromatic N) is 2. The minimum atomic E-state index is 0.563. The summed E-state index contributed by atoms with van der Waals surface area (Å²) in [6, 6.07) is 4.67. The molecular weight excluding hydrogens is 228 g/mol. The van der Waals surface area contributed by atoms with Crippen LogP contribution in [0.25, 0.3) is 0 Å². The molecule has 3 heteroatoms. The smallest absolute Gasteiger partial charge is 0.0271 e. The SMILES string of the molecule is CC(CBr)N(C)Cc1ccncc1. The molecule has 0 aliphatic heterocycles. The van der Waals surface area contributed by atoms with Crippen LogP contribution in [-0.4, -0.2) is 28.3 Å². The third-order valence-electron chi connectivity index (χ3n) is 2.16. The number of pyridine rings is 1. The molecule has 0 bridgehead atoms. The summed E-state index contributed by atoms with van der Waals surface area (Å²) in [6.45, 7) is 3.19. The highest BCUT2D eigenvalue weighted by Crippen LogP contribution is 2.06. The maximum atomic E-state index is 3.99. The topological polar surface area (TPSA) is 16.1 Å². The fraction of sp³-hybridized carbons (Fsp3) is 0.500. The van der Waals surface area contributed by atoms with E-state index in [1.165, 1.54) is 5.56 Å². The molecule has 0 amide bonds. The summed E-state index contributed by atoms with van der Waals surface area (Å²) in [4.78, 5) is 6.30. The largest absolute Gasteiger partial charge is 0.299 e. The van der Waals surface area contributed by atoms with E-state index < -0.39 is 0 Å². The summed E-state index contributed by atoms with van der Waals surface area (Å²) in [5.74, 6) is 0. The standard InChI is InChI=1S/C10H15BrN2/c1-9(7-11)13(2)8-10-3-5-12-6-4-10/h3-6,9H,7-8H2,1-2H3. The molecule has 1 aromatic rings. The number of hydrogen-bond donors (Lipinski definition) is 0. The molecule has 0 spiro atoms. The van der Waals surface area contributed by atoms with E-state index in [1.807, 2.05) is 12.4 Å². The van der Waals surface area contributed by atoms with Gasteiger partial charge < -0.3 is 0 Å². The van der Waals surface area contributed by atoms with Crippen LogP contribution >= 0.6 is 15.9 Å². The molecule has 2 nitrogen and oxygen atoms in total. The molecule has 1 atom stereocenters. The van der Waals surface area contributed by atoms with Gasteiger partial charge in [0.05, 0.1) is 0 Å². The minimum absolute atomic E-state index is 0.563. The second kappa shape index (κ2) is 5.35. The predicted molar refractivity (Wildman–Crippen MR) is 59.0 cm³/mol. The molecule has 1 aromatic heterocycles. The Morgan fingerprint density at radius 2 is 2.08 bits per heavy atom. The van der Waals surface area contributed by atoms with Crippen LogP contribution in [0.15, 0.2) is 24.5 Å². The first-order valence-electron chi connectivity index (χ1n) is 4.39. The number of alkyl halides is 1. The van der Waals surface area contributed by atoms with Gasteiger partial charge in [0.1, 0.15) is 0 Å². The number of rotatable bonds is 4. The summed E-state index contributed by atoms with van der Waals surface area (Å²) in [5, 5.41) is 1.01. The van der Waals surface area contributed by atoms with Crippen LogP contribution in [0, 0.1) is 0 Å². The van der Waals surface area contributed by atoms with Crippen molar-refractivity contribution in [1.29, 1.82) is 0 Å². The Kier molecular flexibility index (Phi) is 4.39. The molecule has 1 rings (SSSR count). The molecule has 0 aliphatic rings. The van der Waals surface area contributed by atoms with Crippen molar-refractivity contribution in [2.75, 3.05) is 12.4 Å². The lowest BCUT2D eigenvalue weighted by Gasteiger charge is -2.22. The van der Waals surface area contributed by atoms with E-state index in [9.17, 15) is 0 Å². The first kappa shape index (κ1) is 10.7. The second-order valence-corrected chi connectivity index (χ2v) is 3.92. The van der Waals surface area contributed by atoms with E-state index in [0.29, 0.717) is 6.04 Å². The minimum Gasteiger partial charge on any atom is -0.299 e. The van der Waals surface area contributed by atoms with Crippen molar-refractivity contribution in [3.8, 4) is 0 Å². The van der Waals surface area contributed by atoms with Crippen LogP contribution < -0.4 is 0 Å². The van der Waals surface area contributed by atoms with E-state index in [1.54, 1.807) is 0 Å². The lowest BCUT2D eigenvalue weighted by Crippen LogP contribution is -2.29. The van der Waals surface area contributed by atoms with Gasteiger partial charge in [0.25, 0.3) is 0 Å². The third-order valence-corrected chi connectivity index (χ3v) is 3.09. The van der Waals surface area contributed by atoms with Crippen molar-refractivity contribution in [2.45, 2.75) is 19.5 Å². The van der Waals surface area contributed by atoms with Gasteiger partial charge in [-0.25, -0.2) is 0 Å². The molecule has 0 aliphatic carbocycles. The molecule has 1 unspecified atom stereocenters. The molecule has 0 N–H and O–H groups in total. The van der Waals surface area contributed by atoms with Gasteiger partial charge in [0, 0.05) is 30.3 Å². The highest BCUT2D eigenvalue weighted by atomic mass is 79.9. The van der Waals surface area contributed by atoms with Gasteiger partial charge in [0.2, 0.25) is 0 Å². The Hall–Kier alpha value is -0.410. The third kappa shape index (κ3) is 3.44. The molecule has 0 saturated carbocycles. The van der Waals surface area contributed by atoms with Crippen LogP contribution in [0.3, 0.4) is 0 Å². The maximum Gasteiger partial charge on any atom is 0.0271 e. The average molecular weight is 243 g/mol. The van der Waals surface area contributed by atoms with Gasteiger partial charge in [-0.1, -0.05) is 15.9 Å². The zero-order chi connectivity index (χ0) is 9.68. The summed E-state index contributed by atoms with van der Waals surface area (Å²) in [6.07, 6.45) is 3.67. The van der Waals surface area contributed by atoms with Crippen molar-refractivity contribution in [3.05, 3.63) is 30.1 Å². The summed E-state index contributed by atoms with van der Waals surface area (Å²) in [7, 11) is 2.13. The monoisotopic (exact) mass is 242 g/mol. The van der Waals surface area contributed by atoms with Gasteiger partial charge >= 0.3 is 0 Å². The Balaban J connectivity index is 2.50. The van der Waals surface area contributed by atoms with Crippen LogP contribution in [-0.2, 0) is 6.54 Å². The normalized spacial score (nSPS) is 13.2. The molecule has 0 radical (unpaired) electrons. The lowest BCUT2D eigenvalue weighted by molar-refractivity contribution is 0.270. The van der Waals surface area contributed by atoms with E-state index in [4.69, 9.17) is 0 Å². The fourth-order valence-electron chi connectivity index (χ4n) is 1.05. The van der Waals surface area contributed by atoms with Crippen molar-refractivity contribution in [3.63, 3.8) is 0 Å². The first-order valence-corrected chi connectivity index (χ1v) is 5.51. The Morgan fingerprint density at radius 1 is 1.46 bits per heavy atom. The van der Waals surface area contributed by atoms with Gasteiger partial charge in [-0.15, -0.1) is 0 Å². The first-order chi connectivity index (χ1) is 6.24. The Bertz CT molecular complexity index is 238. The second-order valence-electron chi connectivity index (χ2n) is 3.27. The molecule has 1 heterocycles. The number of hydrogen-bond acceptors (Lipinski definition) is 2. The summed E-state index contributed by atoms with van der Waals surface area (Å²) >= 11 is 3.47. The van der Waals surface area contributed by atoms with Crippen molar-refractivity contribution in [2.24, 2.45) is 0 Å². The lowest BCUT2D eigenvalue weighted by atomic mass is 10.2. The number of aromatic nitrogens is 1. The highest BCUT2D eigenvalue weighted by molar-refractivity contribution is 9.09. The molecule has 0 fully saturated rings. The molecule has 72 valence electrons. The van der Waals surface area contributed by atoms with Crippen LogP contribution in [0.1, 0.15) is 12.5 Å².